The number of nitrogens with zero attached hydrogens (tertiary/aromatic N) is 4. The lowest BCUT2D eigenvalue weighted by Gasteiger charge is -2.09. The van der Waals surface area contributed by atoms with Gasteiger partial charge in [0.1, 0.15) is 0 Å². The molecular weight excluding hydrogens is 350 g/mol. The molecule has 0 bridgehead atoms. The standard InChI is InChI=1S/C22H21N5O/c1-16-21(17-6-3-2-4-7-17)26-20-14-18(8-9-19(20)25-16)22(28)24-10-5-12-27-13-11-23-15-27/h2-4,6-9,11,13-15H,5,10,12H2,1H3,(H,24,28). The van der Waals surface area contributed by atoms with Crippen molar-refractivity contribution < 1.29 is 4.79 Å². The van der Waals surface area contributed by atoms with Crippen molar-refractivity contribution in [1.29, 1.82) is 0 Å². The van der Waals surface area contributed by atoms with Crippen molar-refractivity contribution in [3.63, 3.8) is 0 Å². The van der Waals surface area contributed by atoms with Gasteiger partial charge in [0.25, 0.3) is 5.91 Å². The van der Waals surface area contributed by atoms with Crippen molar-refractivity contribution in [3.05, 3.63) is 78.5 Å². The van der Waals surface area contributed by atoms with Crippen molar-refractivity contribution in [1.82, 2.24) is 24.8 Å². The third-order valence-electron chi connectivity index (χ3n) is 4.59. The molecule has 0 fully saturated rings. The van der Waals surface area contributed by atoms with Crippen LogP contribution in [0.1, 0.15) is 22.5 Å². The Bertz CT molecular complexity index is 1090. The Morgan fingerprint density at radius 2 is 1.93 bits per heavy atom. The summed E-state index contributed by atoms with van der Waals surface area (Å²) in [5.41, 5.74) is 4.82. The van der Waals surface area contributed by atoms with Gasteiger partial charge in [-0.05, 0) is 31.5 Å². The SMILES string of the molecule is Cc1nc2ccc(C(=O)NCCCn3ccnc3)cc2nc1-c1ccccc1. The number of aryl methyl sites for hydroxylation is 2. The van der Waals surface area contributed by atoms with Crippen LogP contribution in [0.5, 0.6) is 0 Å². The second kappa shape index (κ2) is 8.00. The van der Waals surface area contributed by atoms with Crippen molar-refractivity contribution in [2.45, 2.75) is 19.9 Å². The predicted molar refractivity (Wildman–Crippen MR) is 109 cm³/mol. The van der Waals surface area contributed by atoms with Gasteiger partial charge in [-0.25, -0.2) is 15.0 Å². The van der Waals surface area contributed by atoms with E-state index in [4.69, 9.17) is 4.98 Å². The summed E-state index contributed by atoms with van der Waals surface area (Å²) in [6.07, 6.45) is 6.28. The molecule has 0 aliphatic rings. The van der Waals surface area contributed by atoms with Gasteiger partial charge in [-0.1, -0.05) is 30.3 Å². The predicted octanol–water partition coefficient (Wildman–Crippen LogP) is 3.62. The van der Waals surface area contributed by atoms with E-state index in [2.05, 4.69) is 15.3 Å². The lowest BCUT2D eigenvalue weighted by molar-refractivity contribution is 0.0953. The molecule has 6 heteroatoms. The van der Waals surface area contributed by atoms with E-state index in [0.717, 1.165) is 41.0 Å². The maximum Gasteiger partial charge on any atom is 0.251 e. The van der Waals surface area contributed by atoms with Gasteiger partial charge in [-0.15, -0.1) is 0 Å². The molecule has 0 aliphatic carbocycles. The molecule has 4 rings (SSSR count). The maximum absolute atomic E-state index is 12.5. The van der Waals surface area contributed by atoms with Crippen molar-refractivity contribution >= 4 is 16.9 Å². The monoisotopic (exact) mass is 371 g/mol. The Balaban J connectivity index is 1.50. The molecule has 0 spiro atoms. The lowest BCUT2D eigenvalue weighted by Crippen LogP contribution is -2.25. The van der Waals surface area contributed by atoms with E-state index < -0.39 is 0 Å². The maximum atomic E-state index is 12.5. The third kappa shape index (κ3) is 3.91. The van der Waals surface area contributed by atoms with E-state index in [1.165, 1.54) is 0 Å². The molecule has 0 aliphatic heterocycles. The number of imidazole rings is 1. The number of fused-ring (bicyclic) bond motifs is 1. The van der Waals surface area contributed by atoms with Gasteiger partial charge in [-0.3, -0.25) is 4.79 Å². The fourth-order valence-electron chi connectivity index (χ4n) is 3.14. The van der Waals surface area contributed by atoms with Crippen LogP contribution in [0.25, 0.3) is 22.3 Å². The lowest BCUT2D eigenvalue weighted by atomic mass is 10.1. The smallest absolute Gasteiger partial charge is 0.251 e. The molecule has 0 unspecified atom stereocenters. The fraction of sp³-hybridized carbons (Fsp3) is 0.182. The van der Waals surface area contributed by atoms with E-state index in [1.54, 1.807) is 24.7 Å². The average Bonchev–Trinajstić information content (AvgIpc) is 3.24. The largest absolute Gasteiger partial charge is 0.352 e. The highest BCUT2D eigenvalue weighted by Crippen LogP contribution is 2.23. The van der Waals surface area contributed by atoms with Crippen LogP contribution in [-0.4, -0.2) is 32.0 Å². The number of amides is 1. The molecule has 2 heterocycles. The molecule has 0 atom stereocenters. The summed E-state index contributed by atoms with van der Waals surface area (Å²) < 4.78 is 1.99. The summed E-state index contributed by atoms with van der Waals surface area (Å²) in [5.74, 6) is -0.101. The van der Waals surface area contributed by atoms with E-state index in [1.807, 2.05) is 54.1 Å². The van der Waals surface area contributed by atoms with Crippen LogP contribution in [0, 0.1) is 6.92 Å². The molecule has 1 N–H and O–H groups in total. The zero-order valence-electron chi connectivity index (χ0n) is 15.7. The number of aromatic nitrogens is 4. The number of carbonyl (C=O) groups excluding carboxylic acids is 1. The second-order valence-electron chi connectivity index (χ2n) is 6.64. The first-order valence-electron chi connectivity index (χ1n) is 9.28. The molecule has 2 aromatic carbocycles. The average molecular weight is 371 g/mol. The number of hydrogen-bond acceptors (Lipinski definition) is 4. The van der Waals surface area contributed by atoms with Crippen molar-refractivity contribution in [2.24, 2.45) is 0 Å². The Kier molecular flexibility index (Phi) is 5.10. The van der Waals surface area contributed by atoms with E-state index >= 15 is 0 Å². The summed E-state index contributed by atoms with van der Waals surface area (Å²) >= 11 is 0. The highest BCUT2D eigenvalue weighted by atomic mass is 16.1. The molecular formula is C22H21N5O. The Morgan fingerprint density at radius 3 is 2.71 bits per heavy atom. The Hall–Kier alpha value is -3.54. The van der Waals surface area contributed by atoms with Crippen molar-refractivity contribution in [2.75, 3.05) is 6.54 Å². The molecule has 0 saturated heterocycles. The summed E-state index contributed by atoms with van der Waals surface area (Å²) in [7, 11) is 0. The van der Waals surface area contributed by atoms with Gasteiger partial charge in [0.05, 0.1) is 28.7 Å². The fourth-order valence-corrected chi connectivity index (χ4v) is 3.14. The van der Waals surface area contributed by atoms with Crippen LogP contribution >= 0.6 is 0 Å². The van der Waals surface area contributed by atoms with Gasteiger partial charge in [-0.2, -0.15) is 0 Å². The van der Waals surface area contributed by atoms with Crippen molar-refractivity contribution in [3.8, 4) is 11.3 Å². The van der Waals surface area contributed by atoms with Crippen LogP contribution in [0.3, 0.4) is 0 Å². The molecule has 6 nitrogen and oxygen atoms in total. The highest BCUT2D eigenvalue weighted by Gasteiger charge is 2.11. The zero-order valence-corrected chi connectivity index (χ0v) is 15.7. The van der Waals surface area contributed by atoms with Crippen LogP contribution in [-0.2, 0) is 6.54 Å². The van der Waals surface area contributed by atoms with Gasteiger partial charge in [0, 0.05) is 36.6 Å². The van der Waals surface area contributed by atoms with E-state index in [9.17, 15) is 4.79 Å². The van der Waals surface area contributed by atoms with Crippen LogP contribution in [0.4, 0.5) is 0 Å². The molecule has 4 aromatic rings. The Morgan fingerprint density at radius 1 is 1.07 bits per heavy atom. The first-order chi connectivity index (χ1) is 13.7. The van der Waals surface area contributed by atoms with Crippen LogP contribution in [0.2, 0.25) is 0 Å². The normalized spacial score (nSPS) is 10.9. The zero-order chi connectivity index (χ0) is 19.3. The van der Waals surface area contributed by atoms with Gasteiger partial charge < -0.3 is 9.88 Å². The molecule has 1 amide bonds. The van der Waals surface area contributed by atoms with Gasteiger partial charge in [0.2, 0.25) is 0 Å². The molecule has 0 radical (unpaired) electrons. The first-order valence-corrected chi connectivity index (χ1v) is 9.28. The van der Waals surface area contributed by atoms with E-state index in [0.29, 0.717) is 12.1 Å². The highest BCUT2D eigenvalue weighted by molar-refractivity contribution is 5.97. The molecule has 140 valence electrons. The second-order valence-corrected chi connectivity index (χ2v) is 6.64. The van der Waals surface area contributed by atoms with E-state index in [-0.39, 0.29) is 5.91 Å². The number of rotatable bonds is 6. The molecule has 2 aromatic heterocycles. The summed E-state index contributed by atoms with van der Waals surface area (Å²) in [4.78, 5) is 25.9. The van der Waals surface area contributed by atoms with Gasteiger partial charge >= 0.3 is 0 Å². The van der Waals surface area contributed by atoms with Gasteiger partial charge in [0.15, 0.2) is 0 Å². The summed E-state index contributed by atoms with van der Waals surface area (Å²) in [6, 6.07) is 15.4. The Labute approximate surface area is 163 Å². The molecule has 28 heavy (non-hydrogen) atoms. The number of nitrogens with one attached hydrogen (secondary N) is 1. The minimum atomic E-state index is -0.101. The minimum absolute atomic E-state index is 0.101. The quantitative estimate of drug-likeness (QED) is 0.526. The topological polar surface area (TPSA) is 72.7 Å². The number of benzene rings is 2. The summed E-state index contributed by atoms with van der Waals surface area (Å²) in [5, 5.41) is 2.96. The summed E-state index contributed by atoms with van der Waals surface area (Å²) in [6.45, 7) is 3.38. The number of hydrogen-bond donors (Lipinski definition) is 1. The minimum Gasteiger partial charge on any atom is -0.352 e. The first kappa shape index (κ1) is 17.9. The van der Waals surface area contributed by atoms with Crippen LogP contribution < -0.4 is 5.32 Å². The molecule has 0 saturated carbocycles. The third-order valence-corrected chi connectivity index (χ3v) is 4.59. The number of carbonyl (C=O) groups is 1. The van der Waals surface area contributed by atoms with Crippen LogP contribution in [0.15, 0.2) is 67.3 Å².